The minimum absolute atomic E-state index is 0.0526. The smallest absolute Gasteiger partial charge is 0.169 e. The maximum Gasteiger partial charge on any atom is 0.169 e. The van der Waals surface area contributed by atoms with Crippen LogP contribution in [0.5, 0.6) is 0 Å². The highest BCUT2D eigenvalue weighted by Gasteiger charge is 2.38. The molecule has 3 rings (SSSR count). The number of nitrogens with zero attached hydrogens (tertiary/aromatic N) is 1. The zero-order valence-electron chi connectivity index (χ0n) is 17.6. The third-order valence-corrected chi connectivity index (χ3v) is 5.89. The second-order valence-corrected chi connectivity index (χ2v) is 9.98. The lowest BCUT2D eigenvalue weighted by molar-refractivity contribution is 0.0886. The Morgan fingerprint density at radius 1 is 1.29 bits per heavy atom. The van der Waals surface area contributed by atoms with Gasteiger partial charge in [0.05, 0.1) is 6.10 Å². The van der Waals surface area contributed by atoms with Gasteiger partial charge in [-0.1, -0.05) is 12.1 Å². The van der Waals surface area contributed by atoms with E-state index in [9.17, 15) is 4.39 Å². The van der Waals surface area contributed by atoms with Gasteiger partial charge in [-0.05, 0) is 83.3 Å². The van der Waals surface area contributed by atoms with Crippen molar-refractivity contribution < 1.29 is 9.13 Å². The van der Waals surface area contributed by atoms with Crippen molar-refractivity contribution >= 4 is 17.3 Å². The largest absolute Gasteiger partial charge is 0.376 e. The second kappa shape index (κ2) is 8.64. The highest BCUT2D eigenvalue weighted by molar-refractivity contribution is 7.80. The van der Waals surface area contributed by atoms with Crippen molar-refractivity contribution in [2.45, 2.75) is 83.1 Å². The molecule has 2 N–H and O–H groups in total. The summed E-state index contributed by atoms with van der Waals surface area (Å²) in [6.45, 7) is 11.1. The first-order valence-corrected chi connectivity index (χ1v) is 10.7. The average Bonchev–Trinajstić information content (AvgIpc) is 3.04. The molecule has 0 radical (unpaired) electrons. The molecule has 0 saturated carbocycles. The first-order valence-electron chi connectivity index (χ1n) is 10.3. The maximum absolute atomic E-state index is 13.7. The monoisotopic (exact) mass is 407 g/mol. The van der Waals surface area contributed by atoms with Crippen molar-refractivity contribution in [1.29, 1.82) is 0 Å². The number of nitrogens with one attached hydrogen (secondary N) is 2. The fourth-order valence-corrected chi connectivity index (χ4v) is 5.11. The van der Waals surface area contributed by atoms with Crippen LogP contribution in [0.1, 0.15) is 58.9 Å². The van der Waals surface area contributed by atoms with Gasteiger partial charge < -0.3 is 20.3 Å². The number of ether oxygens (including phenoxy) is 1. The van der Waals surface area contributed by atoms with Crippen LogP contribution >= 0.6 is 12.2 Å². The van der Waals surface area contributed by atoms with Gasteiger partial charge in [0.15, 0.2) is 5.11 Å². The van der Waals surface area contributed by atoms with Gasteiger partial charge in [0.2, 0.25) is 0 Å². The third-order valence-electron chi connectivity index (χ3n) is 5.52. The van der Waals surface area contributed by atoms with Crippen LogP contribution in [0.4, 0.5) is 4.39 Å². The highest BCUT2D eigenvalue weighted by Crippen LogP contribution is 2.28. The molecule has 1 aromatic rings. The summed E-state index contributed by atoms with van der Waals surface area (Å²) < 4.78 is 19.5. The zero-order chi connectivity index (χ0) is 20.4. The molecule has 2 saturated heterocycles. The van der Waals surface area contributed by atoms with Crippen molar-refractivity contribution in [3.63, 3.8) is 0 Å². The van der Waals surface area contributed by atoms with E-state index in [2.05, 4.69) is 43.2 Å². The number of rotatable bonds is 5. The molecule has 1 unspecified atom stereocenters. The molecule has 156 valence electrons. The van der Waals surface area contributed by atoms with Gasteiger partial charge in [-0.2, -0.15) is 0 Å². The molecule has 28 heavy (non-hydrogen) atoms. The summed E-state index contributed by atoms with van der Waals surface area (Å²) in [6.07, 6.45) is 4.34. The number of halogens is 1. The van der Waals surface area contributed by atoms with Crippen LogP contribution in [-0.2, 0) is 11.3 Å². The Balaban J connectivity index is 1.70. The van der Waals surface area contributed by atoms with E-state index in [0.29, 0.717) is 12.6 Å². The van der Waals surface area contributed by atoms with Gasteiger partial charge in [0.25, 0.3) is 0 Å². The molecule has 2 aliphatic rings. The second-order valence-electron chi connectivity index (χ2n) is 9.59. The van der Waals surface area contributed by atoms with E-state index in [4.69, 9.17) is 17.0 Å². The normalized spacial score (nSPS) is 24.1. The number of benzene rings is 1. The van der Waals surface area contributed by atoms with Gasteiger partial charge in [0.1, 0.15) is 5.82 Å². The molecular formula is C22H34FN3OS. The summed E-state index contributed by atoms with van der Waals surface area (Å²) in [7, 11) is 0. The minimum Gasteiger partial charge on any atom is -0.376 e. The summed E-state index contributed by atoms with van der Waals surface area (Å²) in [6, 6.07) is 7.07. The summed E-state index contributed by atoms with van der Waals surface area (Å²) in [5, 5.41) is 8.05. The van der Waals surface area contributed by atoms with Crippen LogP contribution in [0.25, 0.3) is 0 Å². The van der Waals surface area contributed by atoms with Crippen molar-refractivity contribution in [2.75, 3.05) is 13.2 Å². The first kappa shape index (κ1) is 21.5. The van der Waals surface area contributed by atoms with Crippen LogP contribution < -0.4 is 10.6 Å². The Morgan fingerprint density at radius 2 is 2.00 bits per heavy atom. The Hall–Kier alpha value is -1.24. The summed E-state index contributed by atoms with van der Waals surface area (Å²) in [5.41, 5.74) is 1.03. The first-order chi connectivity index (χ1) is 13.1. The van der Waals surface area contributed by atoms with Crippen LogP contribution in [0.3, 0.4) is 0 Å². The van der Waals surface area contributed by atoms with Gasteiger partial charge in [0, 0.05) is 36.8 Å². The predicted molar refractivity (Wildman–Crippen MR) is 116 cm³/mol. The van der Waals surface area contributed by atoms with E-state index in [0.717, 1.165) is 49.5 Å². The van der Waals surface area contributed by atoms with Gasteiger partial charge >= 0.3 is 0 Å². The summed E-state index contributed by atoms with van der Waals surface area (Å²) >= 11 is 5.82. The molecule has 2 fully saturated rings. The maximum atomic E-state index is 13.7. The van der Waals surface area contributed by atoms with E-state index in [-0.39, 0.29) is 23.0 Å². The molecule has 2 aliphatic heterocycles. The summed E-state index contributed by atoms with van der Waals surface area (Å²) in [4.78, 5) is 2.14. The molecule has 1 atom stereocenters. The average molecular weight is 408 g/mol. The number of hydrogen-bond donors (Lipinski definition) is 2. The fourth-order valence-electron chi connectivity index (χ4n) is 4.80. The third kappa shape index (κ3) is 6.13. The predicted octanol–water partition coefficient (Wildman–Crippen LogP) is 3.99. The lowest BCUT2D eigenvalue weighted by Crippen LogP contribution is -2.63. The van der Waals surface area contributed by atoms with Crippen molar-refractivity contribution in [1.82, 2.24) is 15.5 Å². The van der Waals surface area contributed by atoms with E-state index < -0.39 is 0 Å². The molecule has 0 amide bonds. The van der Waals surface area contributed by atoms with Crippen LogP contribution in [0.15, 0.2) is 24.3 Å². The quantitative estimate of drug-likeness (QED) is 0.722. The minimum atomic E-state index is -0.213. The Kier molecular flexibility index (Phi) is 6.62. The lowest BCUT2D eigenvalue weighted by atomic mass is 9.80. The fraction of sp³-hybridized carbons (Fsp3) is 0.682. The van der Waals surface area contributed by atoms with Crippen LogP contribution in [0.2, 0.25) is 0 Å². The highest BCUT2D eigenvalue weighted by atomic mass is 32.1. The zero-order valence-corrected chi connectivity index (χ0v) is 18.4. The van der Waals surface area contributed by atoms with Gasteiger partial charge in [-0.15, -0.1) is 0 Å². The molecule has 0 aliphatic carbocycles. The topological polar surface area (TPSA) is 36.5 Å². The molecule has 0 spiro atoms. The van der Waals surface area contributed by atoms with Gasteiger partial charge in [-0.3, -0.25) is 0 Å². The van der Waals surface area contributed by atoms with Crippen molar-refractivity contribution in [3.05, 3.63) is 35.6 Å². The Morgan fingerprint density at radius 3 is 2.61 bits per heavy atom. The van der Waals surface area contributed by atoms with Crippen molar-refractivity contribution in [3.8, 4) is 0 Å². The van der Waals surface area contributed by atoms with Crippen LogP contribution in [0, 0.1) is 5.82 Å². The van der Waals surface area contributed by atoms with E-state index in [1.54, 1.807) is 12.1 Å². The van der Waals surface area contributed by atoms with E-state index in [1.165, 1.54) is 6.07 Å². The number of thiocarbonyl (C=S) groups is 1. The Labute approximate surface area is 174 Å². The Bertz CT molecular complexity index is 672. The molecule has 2 heterocycles. The molecule has 0 aromatic heterocycles. The SMILES string of the molecule is CC1(C)CC(NC(=S)N(Cc2cccc(F)c2)CC2CCCO2)CC(C)(C)N1. The molecule has 6 heteroatoms. The van der Waals surface area contributed by atoms with Gasteiger partial charge in [-0.25, -0.2) is 4.39 Å². The van der Waals surface area contributed by atoms with E-state index in [1.807, 2.05) is 6.07 Å². The number of piperidine rings is 1. The molecular weight excluding hydrogens is 373 g/mol. The van der Waals surface area contributed by atoms with Crippen molar-refractivity contribution in [2.24, 2.45) is 0 Å². The molecule has 1 aromatic carbocycles. The molecule has 0 bridgehead atoms. The molecule has 4 nitrogen and oxygen atoms in total. The summed E-state index contributed by atoms with van der Waals surface area (Å²) in [5.74, 6) is -0.213. The van der Waals surface area contributed by atoms with Crippen LogP contribution in [-0.4, -0.2) is 46.4 Å². The van der Waals surface area contributed by atoms with E-state index >= 15 is 0 Å². The lowest BCUT2D eigenvalue weighted by Gasteiger charge is -2.47. The standard InChI is InChI=1S/C22H34FN3OS/c1-21(2)12-18(13-22(3,4)25-21)24-20(28)26(15-19-9-6-10-27-19)14-16-7-5-8-17(23)11-16/h5,7-8,11,18-19,25H,6,9-10,12-15H2,1-4H3,(H,24,28). The number of hydrogen-bond acceptors (Lipinski definition) is 3.